The van der Waals surface area contributed by atoms with Crippen molar-refractivity contribution in [1.82, 2.24) is 25.1 Å². The van der Waals surface area contributed by atoms with E-state index in [-0.39, 0.29) is 11.9 Å². The van der Waals surface area contributed by atoms with Gasteiger partial charge in [0.1, 0.15) is 12.2 Å². The van der Waals surface area contributed by atoms with Gasteiger partial charge in [0, 0.05) is 30.4 Å². The molecule has 0 saturated heterocycles. The van der Waals surface area contributed by atoms with Gasteiger partial charge in [0.15, 0.2) is 0 Å². The second-order valence-electron chi connectivity index (χ2n) is 6.06. The summed E-state index contributed by atoms with van der Waals surface area (Å²) in [4.78, 5) is 20.9. The summed E-state index contributed by atoms with van der Waals surface area (Å²) in [6, 6.07) is 9.09. The highest BCUT2D eigenvalue weighted by Gasteiger charge is 2.15. The molecular weight excluding hydrogens is 330 g/mol. The molecule has 3 aromatic rings. The van der Waals surface area contributed by atoms with Crippen molar-refractivity contribution >= 4 is 5.91 Å². The third-order valence-corrected chi connectivity index (χ3v) is 4.23. The van der Waals surface area contributed by atoms with Gasteiger partial charge in [0.2, 0.25) is 5.88 Å². The van der Waals surface area contributed by atoms with Crippen molar-refractivity contribution in [2.24, 2.45) is 7.05 Å². The molecular formula is C19H21N5O2. The minimum Gasteiger partial charge on any atom is -0.481 e. The van der Waals surface area contributed by atoms with Crippen LogP contribution in [0.3, 0.4) is 0 Å². The normalized spacial score (nSPS) is 11.8. The van der Waals surface area contributed by atoms with E-state index >= 15 is 0 Å². The average molecular weight is 351 g/mol. The zero-order valence-corrected chi connectivity index (χ0v) is 15.2. The Hall–Kier alpha value is -3.22. The highest BCUT2D eigenvalue weighted by Crippen LogP contribution is 2.25. The molecule has 7 nitrogen and oxygen atoms in total. The number of aromatic nitrogens is 4. The molecule has 2 aromatic heterocycles. The highest BCUT2D eigenvalue weighted by molar-refractivity contribution is 5.94. The summed E-state index contributed by atoms with van der Waals surface area (Å²) in [6.07, 6.45) is 3.25. The molecule has 134 valence electrons. The lowest BCUT2D eigenvalue weighted by Gasteiger charge is -2.13. The van der Waals surface area contributed by atoms with Gasteiger partial charge in [0.25, 0.3) is 5.91 Å². The average Bonchev–Trinajstić information content (AvgIpc) is 3.07. The van der Waals surface area contributed by atoms with E-state index in [2.05, 4.69) is 20.4 Å². The zero-order chi connectivity index (χ0) is 18.7. The fourth-order valence-electron chi connectivity index (χ4n) is 2.79. The molecule has 0 bridgehead atoms. The van der Waals surface area contributed by atoms with Crippen molar-refractivity contribution in [1.29, 1.82) is 0 Å². The SMILES string of the molecule is COc1cc(C)c(-c2ccc(C(=O)N[C@H](C)c3ncnn3C)cc2)cn1. The van der Waals surface area contributed by atoms with Crippen LogP contribution in [-0.2, 0) is 7.05 Å². The first kappa shape index (κ1) is 17.6. The summed E-state index contributed by atoms with van der Waals surface area (Å²) in [5.41, 5.74) is 3.65. The fraction of sp³-hybridized carbons (Fsp3) is 0.263. The van der Waals surface area contributed by atoms with E-state index < -0.39 is 0 Å². The van der Waals surface area contributed by atoms with Gasteiger partial charge in [-0.05, 0) is 37.1 Å². The molecule has 3 rings (SSSR count). The molecule has 0 spiro atoms. The fourth-order valence-corrected chi connectivity index (χ4v) is 2.79. The second-order valence-corrected chi connectivity index (χ2v) is 6.06. The maximum absolute atomic E-state index is 12.5. The summed E-state index contributed by atoms with van der Waals surface area (Å²) in [5.74, 6) is 1.13. The predicted molar refractivity (Wildman–Crippen MR) is 97.8 cm³/mol. The molecule has 1 atom stereocenters. The lowest BCUT2D eigenvalue weighted by molar-refractivity contribution is 0.0937. The number of amides is 1. The van der Waals surface area contributed by atoms with Gasteiger partial charge < -0.3 is 10.1 Å². The second kappa shape index (κ2) is 7.35. The molecule has 7 heteroatoms. The molecule has 1 aromatic carbocycles. The summed E-state index contributed by atoms with van der Waals surface area (Å²) in [5, 5.41) is 6.96. The standard InChI is InChI=1S/C19H21N5O2/c1-12-9-17(26-4)20-10-16(12)14-5-7-15(8-6-14)19(25)23-13(2)18-21-11-22-24(18)3/h5-11,13H,1-4H3,(H,23,25)/t13-/m1/s1. The number of benzene rings is 1. The molecule has 26 heavy (non-hydrogen) atoms. The van der Waals surface area contributed by atoms with Gasteiger partial charge in [-0.25, -0.2) is 9.97 Å². The molecule has 0 aliphatic carbocycles. The summed E-state index contributed by atoms with van der Waals surface area (Å²) in [7, 11) is 3.39. The molecule has 1 N–H and O–H groups in total. The number of carbonyl (C=O) groups excluding carboxylic acids is 1. The van der Waals surface area contributed by atoms with E-state index in [1.165, 1.54) is 6.33 Å². The maximum Gasteiger partial charge on any atom is 0.251 e. The van der Waals surface area contributed by atoms with Crippen LogP contribution < -0.4 is 10.1 Å². The van der Waals surface area contributed by atoms with Gasteiger partial charge in [-0.1, -0.05) is 12.1 Å². The van der Waals surface area contributed by atoms with Crippen molar-refractivity contribution in [2.45, 2.75) is 19.9 Å². The number of aryl methyl sites for hydroxylation is 2. The number of hydrogen-bond donors (Lipinski definition) is 1. The number of pyridine rings is 1. The van der Waals surface area contributed by atoms with Crippen LogP contribution in [0.2, 0.25) is 0 Å². The minimum absolute atomic E-state index is 0.156. The first-order chi connectivity index (χ1) is 12.5. The Morgan fingerprint density at radius 2 is 1.96 bits per heavy atom. The highest BCUT2D eigenvalue weighted by atomic mass is 16.5. The van der Waals surface area contributed by atoms with Crippen LogP contribution in [0, 0.1) is 6.92 Å². The van der Waals surface area contributed by atoms with Crippen LogP contribution in [-0.4, -0.2) is 32.8 Å². The summed E-state index contributed by atoms with van der Waals surface area (Å²) in [6.45, 7) is 3.88. The number of nitrogens with one attached hydrogen (secondary N) is 1. The van der Waals surface area contributed by atoms with Crippen molar-refractivity contribution in [3.05, 3.63) is 59.8 Å². The van der Waals surface area contributed by atoms with Crippen molar-refractivity contribution in [3.63, 3.8) is 0 Å². The van der Waals surface area contributed by atoms with Crippen LogP contribution in [0.4, 0.5) is 0 Å². The largest absolute Gasteiger partial charge is 0.481 e. The number of carbonyl (C=O) groups is 1. The molecule has 1 amide bonds. The molecule has 0 saturated carbocycles. The monoisotopic (exact) mass is 351 g/mol. The summed E-state index contributed by atoms with van der Waals surface area (Å²) < 4.78 is 6.78. The van der Waals surface area contributed by atoms with Crippen LogP contribution in [0.1, 0.15) is 34.7 Å². The lowest BCUT2D eigenvalue weighted by atomic mass is 10.0. The lowest BCUT2D eigenvalue weighted by Crippen LogP contribution is -2.28. The molecule has 0 aliphatic rings. The Kier molecular flexibility index (Phi) is 4.97. The Labute approximate surface area is 152 Å². The number of methoxy groups -OCH3 is 1. The minimum atomic E-state index is -0.234. The zero-order valence-electron chi connectivity index (χ0n) is 15.2. The Bertz CT molecular complexity index is 918. The van der Waals surface area contributed by atoms with E-state index in [1.807, 2.05) is 32.0 Å². The Balaban J connectivity index is 1.75. The Morgan fingerprint density at radius 3 is 2.54 bits per heavy atom. The Morgan fingerprint density at radius 1 is 1.23 bits per heavy atom. The van der Waals surface area contributed by atoms with Crippen molar-refractivity contribution in [2.75, 3.05) is 7.11 Å². The third kappa shape index (κ3) is 3.56. The molecule has 0 unspecified atom stereocenters. The number of nitrogens with zero attached hydrogens (tertiary/aromatic N) is 4. The van der Waals surface area contributed by atoms with Crippen LogP contribution in [0.25, 0.3) is 11.1 Å². The predicted octanol–water partition coefficient (Wildman–Crippen LogP) is 2.69. The molecule has 2 heterocycles. The van der Waals surface area contributed by atoms with Crippen LogP contribution >= 0.6 is 0 Å². The van der Waals surface area contributed by atoms with E-state index in [0.717, 1.165) is 16.7 Å². The molecule has 0 aliphatic heterocycles. The van der Waals surface area contributed by atoms with Gasteiger partial charge >= 0.3 is 0 Å². The van der Waals surface area contributed by atoms with Gasteiger partial charge in [-0.15, -0.1) is 0 Å². The number of ether oxygens (including phenoxy) is 1. The third-order valence-electron chi connectivity index (χ3n) is 4.23. The number of hydrogen-bond acceptors (Lipinski definition) is 5. The van der Waals surface area contributed by atoms with Crippen LogP contribution in [0.5, 0.6) is 5.88 Å². The van der Waals surface area contributed by atoms with Gasteiger partial charge in [-0.2, -0.15) is 5.10 Å². The van der Waals surface area contributed by atoms with Crippen molar-refractivity contribution in [3.8, 4) is 17.0 Å². The molecule has 0 fully saturated rings. The smallest absolute Gasteiger partial charge is 0.251 e. The number of rotatable bonds is 5. The van der Waals surface area contributed by atoms with Gasteiger partial charge in [-0.3, -0.25) is 9.48 Å². The van der Waals surface area contributed by atoms with E-state index in [1.54, 1.807) is 37.2 Å². The van der Waals surface area contributed by atoms with Crippen molar-refractivity contribution < 1.29 is 9.53 Å². The van der Waals surface area contributed by atoms with E-state index in [9.17, 15) is 4.79 Å². The first-order valence-electron chi connectivity index (χ1n) is 8.25. The molecule has 0 radical (unpaired) electrons. The quantitative estimate of drug-likeness (QED) is 0.764. The first-order valence-corrected chi connectivity index (χ1v) is 8.25. The topological polar surface area (TPSA) is 81.9 Å². The summed E-state index contributed by atoms with van der Waals surface area (Å²) >= 11 is 0. The van der Waals surface area contributed by atoms with Gasteiger partial charge in [0.05, 0.1) is 13.2 Å². The van der Waals surface area contributed by atoms with E-state index in [4.69, 9.17) is 4.74 Å². The maximum atomic E-state index is 12.5. The van der Waals surface area contributed by atoms with E-state index in [0.29, 0.717) is 17.3 Å². The van der Waals surface area contributed by atoms with Crippen LogP contribution in [0.15, 0.2) is 42.9 Å².